The quantitative estimate of drug-likeness (QED) is 0.475. The van der Waals surface area contributed by atoms with Gasteiger partial charge in [0.2, 0.25) is 0 Å². The second kappa shape index (κ2) is 9.81. The summed E-state index contributed by atoms with van der Waals surface area (Å²) in [7, 11) is 1.65. The predicted molar refractivity (Wildman–Crippen MR) is 114 cm³/mol. The van der Waals surface area contributed by atoms with E-state index in [2.05, 4.69) is 11.4 Å². The van der Waals surface area contributed by atoms with Crippen molar-refractivity contribution in [3.63, 3.8) is 0 Å². The van der Waals surface area contributed by atoms with Gasteiger partial charge in [-0.25, -0.2) is 4.79 Å². The summed E-state index contributed by atoms with van der Waals surface area (Å²) in [5.74, 6) is 0.282. The highest BCUT2D eigenvalue weighted by molar-refractivity contribution is 6.01. The number of carbonyl (C=O) groups excluding carboxylic acids is 2. The van der Waals surface area contributed by atoms with E-state index in [9.17, 15) is 9.59 Å². The maximum absolute atomic E-state index is 12.4. The van der Waals surface area contributed by atoms with Crippen LogP contribution in [0.4, 0.5) is 5.69 Å². The van der Waals surface area contributed by atoms with E-state index >= 15 is 0 Å². The average Bonchev–Trinajstić information content (AvgIpc) is 3.02. The molecule has 6 heteroatoms. The second-order valence-corrected chi connectivity index (χ2v) is 8.03. The molecule has 1 aromatic rings. The fraction of sp³-hybridized carbons (Fsp3) is 0.565. The number of benzene rings is 1. The summed E-state index contributed by atoms with van der Waals surface area (Å²) in [6.45, 7) is 12.0. The fourth-order valence-electron chi connectivity index (χ4n) is 3.50. The lowest BCUT2D eigenvalue weighted by molar-refractivity contribution is -0.147. The van der Waals surface area contributed by atoms with Gasteiger partial charge in [-0.05, 0) is 59.9 Å². The van der Waals surface area contributed by atoms with Gasteiger partial charge in [0.15, 0.2) is 0 Å². The minimum absolute atomic E-state index is 0.102. The van der Waals surface area contributed by atoms with Crippen molar-refractivity contribution in [2.75, 3.05) is 12.4 Å². The highest BCUT2D eigenvalue weighted by Crippen LogP contribution is 2.41. The highest BCUT2D eigenvalue weighted by Gasteiger charge is 2.32. The Morgan fingerprint density at radius 2 is 1.93 bits per heavy atom. The minimum Gasteiger partial charge on any atom is -0.496 e. The van der Waals surface area contributed by atoms with E-state index in [0.29, 0.717) is 24.8 Å². The molecule has 29 heavy (non-hydrogen) atoms. The molecule has 2 rings (SSSR count). The number of carbonyl (C=O) groups is 2. The van der Waals surface area contributed by atoms with Crippen LogP contribution >= 0.6 is 0 Å². The number of methoxy groups -OCH3 is 1. The SMILES string of the molecule is COc1c(C)c2c(c(NC(C)C)c1CC=C(C)CCC(=O)OC(C)C)C(=O)OC2. The Kier molecular flexibility index (Phi) is 7.71. The number of ether oxygens (including phenoxy) is 3. The van der Waals surface area contributed by atoms with Crippen molar-refractivity contribution in [3.8, 4) is 5.75 Å². The summed E-state index contributed by atoms with van der Waals surface area (Å²) in [4.78, 5) is 24.2. The predicted octanol–water partition coefficient (Wildman–Crippen LogP) is 4.71. The number of fused-ring (bicyclic) bond motifs is 1. The average molecular weight is 404 g/mol. The molecule has 6 nitrogen and oxygen atoms in total. The monoisotopic (exact) mass is 403 g/mol. The molecular weight excluding hydrogens is 370 g/mol. The number of nitrogens with one attached hydrogen (secondary N) is 1. The van der Waals surface area contributed by atoms with Gasteiger partial charge in [0.25, 0.3) is 0 Å². The lowest BCUT2D eigenvalue weighted by atomic mass is 9.93. The number of esters is 2. The van der Waals surface area contributed by atoms with Crippen LogP contribution in [-0.4, -0.2) is 31.2 Å². The van der Waals surface area contributed by atoms with E-state index in [1.807, 2.05) is 41.5 Å². The third kappa shape index (κ3) is 5.52. The van der Waals surface area contributed by atoms with Crippen LogP contribution in [0.3, 0.4) is 0 Å². The minimum atomic E-state index is -0.299. The van der Waals surface area contributed by atoms with Crippen LogP contribution in [0.15, 0.2) is 11.6 Å². The molecule has 0 unspecified atom stereocenters. The molecule has 0 spiro atoms. The molecule has 1 aliphatic heterocycles. The van der Waals surface area contributed by atoms with Gasteiger partial charge in [-0.1, -0.05) is 11.6 Å². The Balaban J connectivity index is 2.33. The molecule has 0 aromatic heterocycles. The van der Waals surface area contributed by atoms with Crippen molar-refractivity contribution in [1.82, 2.24) is 0 Å². The summed E-state index contributed by atoms with van der Waals surface area (Å²) >= 11 is 0. The Bertz CT molecular complexity index is 808. The summed E-state index contributed by atoms with van der Waals surface area (Å²) in [5.41, 5.74) is 5.23. The van der Waals surface area contributed by atoms with Crippen LogP contribution < -0.4 is 10.1 Å². The Labute approximate surface area is 173 Å². The molecule has 0 saturated carbocycles. The van der Waals surface area contributed by atoms with Gasteiger partial charge in [0.1, 0.15) is 12.4 Å². The molecule has 160 valence electrons. The first-order valence-electron chi connectivity index (χ1n) is 10.2. The summed E-state index contributed by atoms with van der Waals surface area (Å²) < 4.78 is 16.2. The standard InChI is InChI=1S/C23H33NO5/c1-13(2)24-21-17(10-8-15(5)9-11-19(25)29-14(3)4)22(27-7)16(6)18-12-28-23(26)20(18)21/h8,13-14,24H,9-12H2,1-7H3. The van der Waals surface area contributed by atoms with E-state index in [1.165, 1.54) is 0 Å². The van der Waals surface area contributed by atoms with Gasteiger partial charge >= 0.3 is 11.9 Å². The molecule has 0 radical (unpaired) electrons. The molecule has 0 atom stereocenters. The van der Waals surface area contributed by atoms with Crippen molar-refractivity contribution in [2.24, 2.45) is 0 Å². The molecule has 0 amide bonds. The van der Waals surface area contributed by atoms with E-state index < -0.39 is 0 Å². The summed E-state index contributed by atoms with van der Waals surface area (Å²) in [6.07, 6.45) is 3.55. The van der Waals surface area contributed by atoms with Gasteiger partial charge in [0.05, 0.1) is 24.5 Å². The smallest absolute Gasteiger partial charge is 0.341 e. The molecule has 0 fully saturated rings. The molecule has 0 bridgehead atoms. The van der Waals surface area contributed by atoms with Crippen molar-refractivity contribution < 1.29 is 23.8 Å². The summed E-state index contributed by atoms with van der Waals surface area (Å²) in [5, 5.41) is 3.42. The topological polar surface area (TPSA) is 73.9 Å². The van der Waals surface area contributed by atoms with Gasteiger partial charge in [-0.15, -0.1) is 0 Å². The number of hydrogen-bond donors (Lipinski definition) is 1. The first kappa shape index (κ1) is 22.8. The van der Waals surface area contributed by atoms with E-state index in [1.54, 1.807) is 7.11 Å². The largest absolute Gasteiger partial charge is 0.496 e. The van der Waals surface area contributed by atoms with Crippen LogP contribution in [0.25, 0.3) is 0 Å². The molecule has 0 aliphatic carbocycles. The normalized spacial score (nSPS) is 13.6. The molecule has 1 N–H and O–H groups in total. The molecular formula is C23H33NO5. The molecule has 1 heterocycles. The summed E-state index contributed by atoms with van der Waals surface area (Å²) in [6, 6.07) is 0.148. The zero-order chi connectivity index (χ0) is 21.7. The Morgan fingerprint density at radius 1 is 1.24 bits per heavy atom. The Hall–Kier alpha value is -2.50. The van der Waals surface area contributed by atoms with Crippen LogP contribution in [-0.2, 0) is 27.3 Å². The van der Waals surface area contributed by atoms with Crippen LogP contribution in [0.1, 0.15) is 74.5 Å². The first-order valence-corrected chi connectivity index (χ1v) is 10.2. The van der Waals surface area contributed by atoms with E-state index in [4.69, 9.17) is 14.2 Å². The molecule has 1 aromatic carbocycles. The van der Waals surface area contributed by atoms with E-state index in [0.717, 1.165) is 33.7 Å². The molecule has 1 aliphatic rings. The number of hydrogen-bond acceptors (Lipinski definition) is 6. The molecule has 0 saturated heterocycles. The van der Waals surface area contributed by atoms with Crippen molar-refractivity contribution >= 4 is 17.6 Å². The van der Waals surface area contributed by atoms with Gasteiger partial charge in [0, 0.05) is 23.6 Å². The zero-order valence-corrected chi connectivity index (χ0v) is 18.6. The highest BCUT2D eigenvalue weighted by atomic mass is 16.5. The van der Waals surface area contributed by atoms with Crippen LogP contribution in [0.5, 0.6) is 5.75 Å². The Morgan fingerprint density at radius 3 is 2.52 bits per heavy atom. The second-order valence-electron chi connectivity index (χ2n) is 8.03. The van der Waals surface area contributed by atoms with Gasteiger partial charge < -0.3 is 19.5 Å². The fourth-order valence-corrected chi connectivity index (χ4v) is 3.50. The maximum atomic E-state index is 12.4. The zero-order valence-electron chi connectivity index (χ0n) is 18.6. The van der Waals surface area contributed by atoms with Crippen LogP contribution in [0.2, 0.25) is 0 Å². The maximum Gasteiger partial charge on any atom is 0.341 e. The lowest BCUT2D eigenvalue weighted by Crippen LogP contribution is -2.16. The van der Waals surface area contributed by atoms with Crippen molar-refractivity contribution in [2.45, 2.75) is 79.6 Å². The lowest BCUT2D eigenvalue weighted by Gasteiger charge is -2.22. The number of allylic oxidation sites excluding steroid dienone is 2. The van der Waals surface area contributed by atoms with Crippen LogP contribution in [0, 0.1) is 6.92 Å². The number of anilines is 1. The third-order valence-electron chi connectivity index (χ3n) is 4.86. The number of cyclic esters (lactones) is 1. The van der Waals surface area contributed by atoms with Gasteiger partial charge in [-0.3, -0.25) is 4.79 Å². The van der Waals surface area contributed by atoms with Crippen molar-refractivity contribution in [3.05, 3.63) is 33.9 Å². The van der Waals surface area contributed by atoms with Crippen molar-refractivity contribution in [1.29, 1.82) is 0 Å². The van der Waals surface area contributed by atoms with Gasteiger partial charge in [-0.2, -0.15) is 0 Å². The van der Waals surface area contributed by atoms with E-state index in [-0.39, 0.29) is 30.7 Å². The third-order valence-corrected chi connectivity index (χ3v) is 4.86. The number of rotatable bonds is 9. The first-order chi connectivity index (χ1) is 13.6.